The maximum atomic E-state index is 11.9. The average Bonchev–Trinajstić information content (AvgIpc) is 2.55. The Hall–Kier alpha value is -1.75. The SMILES string of the molecule is CCN1CCC(Oc2c(OC)cccc2C(=O)OC)CC1. The largest absolute Gasteiger partial charge is 0.493 e. The van der Waals surface area contributed by atoms with E-state index in [1.54, 1.807) is 25.3 Å². The summed E-state index contributed by atoms with van der Waals surface area (Å²) < 4.78 is 16.2. The van der Waals surface area contributed by atoms with E-state index in [0.717, 1.165) is 32.5 Å². The summed E-state index contributed by atoms with van der Waals surface area (Å²) >= 11 is 0. The van der Waals surface area contributed by atoms with E-state index in [1.807, 2.05) is 0 Å². The second-order valence-corrected chi connectivity index (χ2v) is 5.08. The van der Waals surface area contributed by atoms with Crippen molar-refractivity contribution in [1.82, 2.24) is 4.90 Å². The van der Waals surface area contributed by atoms with Crippen LogP contribution in [0, 0.1) is 0 Å². The molecule has 0 saturated carbocycles. The minimum absolute atomic E-state index is 0.104. The zero-order valence-corrected chi connectivity index (χ0v) is 12.9. The molecule has 0 radical (unpaired) electrons. The quantitative estimate of drug-likeness (QED) is 0.780. The molecule has 1 fully saturated rings. The van der Waals surface area contributed by atoms with E-state index in [-0.39, 0.29) is 6.10 Å². The Balaban J connectivity index is 2.16. The van der Waals surface area contributed by atoms with Crippen molar-refractivity contribution in [2.75, 3.05) is 33.9 Å². The Morgan fingerprint density at radius 2 is 2.00 bits per heavy atom. The van der Waals surface area contributed by atoms with Crippen LogP contribution in [0.1, 0.15) is 30.1 Å². The van der Waals surface area contributed by atoms with Gasteiger partial charge in [0.1, 0.15) is 11.7 Å². The third-order valence-corrected chi connectivity index (χ3v) is 3.87. The summed E-state index contributed by atoms with van der Waals surface area (Å²) in [5, 5.41) is 0. The van der Waals surface area contributed by atoms with Crippen LogP contribution in [-0.2, 0) is 4.74 Å². The minimum atomic E-state index is -0.408. The predicted octanol–water partition coefficient (Wildman–Crippen LogP) is 2.34. The molecule has 1 aliphatic rings. The normalized spacial score (nSPS) is 16.5. The first-order chi connectivity index (χ1) is 10.2. The highest BCUT2D eigenvalue weighted by molar-refractivity contribution is 5.93. The van der Waals surface area contributed by atoms with Gasteiger partial charge in [-0.3, -0.25) is 0 Å². The molecule has 0 N–H and O–H groups in total. The Morgan fingerprint density at radius 3 is 2.57 bits per heavy atom. The Bertz CT molecular complexity index is 481. The number of methoxy groups -OCH3 is 2. The maximum absolute atomic E-state index is 11.9. The minimum Gasteiger partial charge on any atom is -0.493 e. The zero-order chi connectivity index (χ0) is 15.2. The highest BCUT2D eigenvalue weighted by Gasteiger charge is 2.24. The van der Waals surface area contributed by atoms with Gasteiger partial charge in [-0.1, -0.05) is 13.0 Å². The molecule has 5 heteroatoms. The second-order valence-electron chi connectivity index (χ2n) is 5.08. The first-order valence-corrected chi connectivity index (χ1v) is 7.33. The number of nitrogens with zero attached hydrogens (tertiary/aromatic N) is 1. The van der Waals surface area contributed by atoms with Crippen molar-refractivity contribution in [2.24, 2.45) is 0 Å². The molecular weight excluding hydrogens is 270 g/mol. The molecule has 0 aliphatic carbocycles. The molecule has 1 aromatic rings. The van der Waals surface area contributed by atoms with Crippen LogP contribution >= 0.6 is 0 Å². The highest BCUT2D eigenvalue weighted by Crippen LogP contribution is 2.33. The van der Waals surface area contributed by atoms with Gasteiger partial charge in [0.05, 0.1) is 14.2 Å². The number of piperidine rings is 1. The number of rotatable bonds is 5. The summed E-state index contributed by atoms with van der Waals surface area (Å²) in [5.41, 5.74) is 0.412. The first-order valence-electron chi connectivity index (χ1n) is 7.33. The number of para-hydroxylation sites is 1. The third kappa shape index (κ3) is 3.67. The van der Waals surface area contributed by atoms with Crippen molar-refractivity contribution < 1.29 is 19.0 Å². The third-order valence-electron chi connectivity index (χ3n) is 3.87. The number of carbonyl (C=O) groups is 1. The number of benzene rings is 1. The van der Waals surface area contributed by atoms with Crippen molar-refractivity contribution in [3.05, 3.63) is 23.8 Å². The highest BCUT2D eigenvalue weighted by atomic mass is 16.5. The van der Waals surface area contributed by atoms with E-state index in [4.69, 9.17) is 14.2 Å². The van der Waals surface area contributed by atoms with Crippen LogP contribution in [0.15, 0.2) is 18.2 Å². The fourth-order valence-corrected chi connectivity index (χ4v) is 2.58. The van der Waals surface area contributed by atoms with Crippen LogP contribution in [0.5, 0.6) is 11.5 Å². The second kappa shape index (κ2) is 7.31. The van der Waals surface area contributed by atoms with Crippen molar-refractivity contribution in [3.63, 3.8) is 0 Å². The Kier molecular flexibility index (Phi) is 5.44. The van der Waals surface area contributed by atoms with E-state index in [9.17, 15) is 4.79 Å². The van der Waals surface area contributed by atoms with Gasteiger partial charge in [-0.2, -0.15) is 0 Å². The van der Waals surface area contributed by atoms with Crippen molar-refractivity contribution in [2.45, 2.75) is 25.9 Å². The molecule has 1 aromatic carbocycles. The van der Waals surface area contributed by atoms with Crippen LogP contribution in [0.2, 0.25) is 0 Å². The molecule has 0 atom stereocenters. The van der Waals surface area contributed by atoms with Crippen molar-refractivity contribution in [3.8, 4) is 11.5 Å². The van der Waals surface area contributed by atoms with E-state index >= 15 is 0 Å². The van der Waals surface area contributed by atoms with Gasteiger partial charge in [0.15, 0.2) is 11.5 Å². The molecule has 1 heterocycles. The summed E-state index contributed by atoms with van der Waals surface area (Å²) in [6.45, 7) is 5.26. The monoisotopic (exact) mass is 293 g/mol. The summed E-state index contributed by atoms with van der Waals surface area (Å²) in [4.78, 5) is 14.3. The van der Waals surface area contributed by atoms with Crippen LogP contribution in [0.4, 0.5) is 0 Å². The van der Waals surface area contributed by atoms with Gasteiger partial charge < -0.3 is 19.1 Å². The fraction of sp³-hybridized carbons (Fsp3) is 0.562. The molecule has 0 bridgehead atoms. The molecule has 1 saturated heterocycles. The molecule has 0 spiro atoms. The van der Waals surface area contributed by atoms with E-state index in [0.29, 0.717) is 17.1 Å². The van der Waals surface area contributed by atoms with Crippen LogP contribution in [-0.4, -0.2) is 50.8 Å². The van der Waals surface area contributed by atoms with Gasteiger partial charge in [-0.05, 0) is 31.5 Å². The van der Waals surface area contributed by atoms with Gasteiger partial charge in [-0.15, -0.1) is 0 Å². The van der Waals surface area contributed by atoms with Crippen molar-refractivity contribution in [1.29, 1.82) is 0 Å². The standard InChI is InChI=1S/C16H23NO4/c1-4-17-10-8-12(9-11-17)21-15-13(16(18)20-3)6-5-7-14(15)19-2/h5-7,12H,4,8-11H2,1-3H3. The number of ether oxygens (including phenoxy) is 3. The van der Waals surface area contributed by atoms with Gasteiger partial charge in [0.25, 0.3) is 0 Å². The predicted molar refractivity (Wildman–Crippen MR) is 80.1 cm³/mol. The van der Waals surface area contributed by atoms with E-state index < -0.39 is 5.97 Å². The lowest BCUT2D eigenvalue weighted by Gasteiger charge is -2.31. The number of hydrogen-bond acceptors (Lipinski definition) is 5. The van der Waals surface area contributed by atoms with Gasteiger partial charge >= 0.3 is 5.97 Å². The van der Waals surface area contributed by atoms with Crippen LogP contribution < -0.4 is 9.47 Å². The summed E-state index contributed by atoms with van der Waals surface area (Å²) in [6, 6.07) is 5.26. The molecule has 0 unspecified atom stereocenters. The summed E-state index contributed by atoms with van der Waals surface area (Å²) in [7, 11) is 2.94. The molecule has 1 aliphatic heterocycles. The molecule has 0 aromatic heterocycles. The van der Waals surface area contributed by atoms with Gasteiger partial charge in [0.2, 0.25) is 0 Å². The van der Waals surface area contributed by atoms with Gasteiger partial charge in [-0.25, -0.2) is 4.79 Å². The summed E-state index contributed by atoms with van der Waals surface area (Å²) in [5.74, 6) is 0.646. The number of hydrogen-bond donors (Lipinski definition) is 0. The molecule has 2 rings (SSSR count). The van der Waals surface area contributed by atoms with Crippen LogP contribution in [0.3, 0.4) is 0 Å². The first kappa shape index (κ1) is 15.6. The lowest BCUT2D eigenvalue weighted by Crippen LogP contribution is -2.38. The molecule has 21 heavy (non-hydrogen) atoms. The smallest absolute Gasteiger partial charge is 0.341 e. The Labute approximate surface area is 125 Å². The average molecular weight is 293 g/mol. The lowest BCUT2D eigenvalue weighted by molar-refractivity contribution is 0.0582. The van der Waals surface area contributed by atoms with E-state index in [2.05, 4.69) is 11.8 Å². The molecular formula is C16H23NO4. The van der Waals surface area contributed by atoms with Gasteiger partial charge in [0, 0.05) is 13.1 Å². The van der Waals surface area contributed by atoms with Crippen molar-refractivity contribution >= 4 is 5.97 Å². The molecule has 5 nitrogen and oxygen atoms in total. The summed E-state index contributed by atoms with van der Waals surface area (Å²) in [6.07, 6.45) is 2.01. The fourth-order valence-electron chi connectivity index (χ4n) is 2.58. The lowest BCUT2D eigenvalue weighted by atomic mass is 10.1. The zero-order valence-electron chi connectivity index (χ0n) is 12.9. The number of esters is 1. The number of carbonyl (C=O) groups excluding carboxylic acids is 1. The van der Waals surface area contributed by atoms with Crippen LogP contribution in [0.25, 0.3) is 0 Å². The van der Waals surface area contributed by atoms with E-state index in [1.165, 1.54) is 7.11 Å². The Morgan fingerprint density at radius 1 is 1.29 bits per heavy atom. The maximum Gasteiger partial charge on any atom is 0.341 e. The topological polar surface area (TPSA) is 48.0 Å². The molecule has 116 valence electrons. The number of likely N-dealkylation sites (tertiary alicyclic amines) is 1. The molecule has 0 amide bonds.